The monoisotopic (exact) mass is 360 g/mol. The molecule has 6 nitrogen and oxygen atoms in total. The van der Waals surface area contributed by atoms with Gasteiger partial charge in [-0.2, -0.15) is 0 Å². The second-order valence-corrected chi connectivity index (χ2v) is 7.21. The second-order valence-electron chi connectivity index (χ2n) is 7.21. The van der Waals surface area contributed by atoms with Crippen molar-refractivity contribution in [3.63, 3.8) is 0 Å². The summed E-state index contributed by atoms with van der Waals surface area (Å²) in [6, 6.07) is 0. The molecule has 0 saturated carbocycles. The van der Waals surface area contributed by atoms with Crippen LogP contribution in [0.25, 0.3) is 0 Å². The van der Waals surface area contributed by atoms with Gasteiger partial charge in [-0.1, -0.05) is 18.2 Å². The molecule has 0 aromatic heterocycles. The van der Waals surface area contributed by atoms with Crippen LogP contribution in [0, 0.1) is 5.92 Å². The van der Waals surface area contributed by atoms with Gasteiger partial charge in [0.15, 0.2) is 0 Å². The van der Waals surface area contributed by atoms with Crippen LogP contribution in [0.3, 0.4) is 0 Å². The fourth-order valence-electron chi connectivity index (χ4n) is 3.75. The maximum Gasteiger partial charge on any atom is 0.334 e. The lowest BCUT2D eigenvalue weighted by Crippen LogP contribution is -2.41. The largest absolute Gasteiger partial charge is 0.458 e. The van der Waals surface area contributed by atoms with E-state index in [1.165, 1.54) is 0 Å². The van der Waals surface area contributed by atoms with Crippen molar-refractivity contribution < 1.29 is 28.9 Å². The van der Waals surface area contributed by atoms with Crippen LogP contribution >= 0.6 is 0 Å². The smallest absolute Gasteiger partial charge is 0.334 e. The number of carbonyl (C=O) groups excluding carboxylic acids is 2. The highest BCUT2D eigenvalue weighted by atomic mass is 16.7. The molecule has 0 aromatic carbocycles. The molecule has 1 N–H and O–H groups in total. The number of carbonyl (C=O) groups is 2. The molecule has 3 rings (SSSR count). The Bertz CT molecular complexity index is 758. The zero-order chi connectivity index (χ0) is 19.2. The van der Waals surface area contributed by atoms with Gasteiger partial charge in [0.05, 0.1) is 5.92 Å². The fourth-order valence-corrected chi connectivity index (χ4v) is 3.75. The Morgan fingerprint density at radius 1 is 1.42 bits per heavy atom. The Labute approximate surface area is 152 Å². The molecule has 3 aliphatic rings. The Balaban J connectivity index is 2.03. The van der Waals surface area contributed by atoms with Gasteiger partial charge in [0, 0.05) is 17.6 Å². The molecule has 0 aliphatic carbocycles. The molecule has 0 aromatic rings. The molecule has 3 heterocycles. The number of ether oxygens (including phenoxy) is 3. The number of allylic oxidation sites excluding steroid dienone is 1. The van der Waals surface area contributed by atoms with Gasteiger partial charge in [-0.05, 0) is 45.4 Å². The van der Waals surface area contributed by atoms with Crippen LogP contribution in [-0.2, 0) is 23.8 Å². The molecular weight excluding hydrogens is 336 g/mol. The maximum absolute atomic E-state index is 12.3. The Hall–Kier alpha value is -2.18. The zero-order valence-electron chi connectivity index (χ0n) is 15.4. The van der Waals surface area contributed by atoms with Gasteiger partial charge >= 0.3 is 11.9 Å². The van der Waals surface area contributed by atoms with Crippen molar-refractivity contribution in [3.05, 3.63) is 47.1 Å². The maximum atomic E-state index is 12.3. The topological polar surface area (TPSA) is 82.1 Å². The summed E-state index contributed by atoms with van der Waals surface area (Å²) in [5, 5.41) is 10.7. The summed E-state index contributed by atoms with van der Waals surface area (Å²) < 4.78 is 17.0. The lowest BCUT2D eigenvalue weighted by atomic mass is 9.83. The van der Waals surface area contributed by atoms with Crippen molar-refractivity contribution in [2.24, 2.45) is 5.92 Å². The molecule has 0 spiro atoms. The molecule has 26 heavy (non-hydrogen) atoms. The van der Waals surface area contributed by atoms with E-state index in [4.69, 9.17) is 14.2 Å². The van der Waals surface area contributed by atoms with E-state index in [-0.39, 0.29) is 5.57 Å². The van der Waals surface area contributed by atoms with Gasteiger partial charge in [0.2, 0.25) is 5.79 Å². The fraction of sp³-hybridized carbons (Fsp3) is 0.500. The van der Waals surface area contributed by atoms with E-state index in [1.54, 1.807) is 32.1 Å². The highest BCUT2D eigenvalue weighted by Gasteiger charge is 2.53. The minimum Gasteiger partial charge on any atom is -0.458 e. The van der Waals surface area contributed by atoms with Crippen LogP contribution in [-0.4, -0.2) is 41.1 Å². The number of hydrogen-bond donors (Lipinski definition) is 1. The Morgan fingerprint density at radius 2 is 2.12 bits per heavy atom. The van der Waals surface area contributed by atoms with Gasteiger partial charge in [-0.25, -0.2) is 9.59 Å². The van der Waals surface area contributed by atoms with E-state index in [0.717, 1.165) is 11.1 Å². The molecule has 140 valence electrons. The quantitative estimate of drug-likeness (QED) is 0.462. The van der Waals surface area contributed by atoms with Gasteiger partial charge < -0.3 is 19.3 Å². The first-order valence-electron chi connectivity index (χ1n) is 8.66. The van der Waals surface area contributed by atoms with Gasteiger partial charge in [-0.3, -0.25) is 0 Å². The van der Waals surface area contributed by atoms with Crippen molar-refractivity contribution in [2.45, 2.75) is 58.2 Å². The molecule has 6 heteroatoms. The third-order valence-electron chi connectivity index (χ3n) is 5.15. The first-order valence-corrected chi connectivity index (χ1v) is 8.66. The first-order chi connectivity index (χ1) is 12.1. The summed E-state index contributed by atoms with van der Waals surface area (Å²) in [7, 11) is 0. The van der Waals surface area contributed by atoms with E-state index < -0.39 is 42.0 Å². The Morgan fingerprint density at radius 3 is 2.77 bits per heavy atom. The van der Waals surface area contributed by atoms with Crippen molar-refractivity contribution in [1.82, 2.24) is 0 Å². The van der Waals surface area contributed by atoms with E-state index in [1.807, 2.05) is 13.8 Å². The molecule has 3 aliphatic heterocycles. The van der Waals surface area contributed by atoms with Crippen LogP contribution < -0.4 is 0 Å². The third-order valence-corrected chi connectivity index (χ3v) is 5.15. The molecule has 1 fully saturated rings. The van der Waals surface area contributed by atoms with Gasteiger partial charge in [0.1, 0.15) is 18.3 Å². The van der Waals surface area contributed by atoms with Gasteiger partial charge in [-0.15, -0.1) is 0 Å². The summed E-state index contributed by atoms with van der Waals surface area (Å²) in [6.07, 6.45) is 3.25. The van der Waals surface area contributed by atoms with E-state index in [9.17, 15) is 14.7 Å². The van der Waals surface area contributed by atoms with Gasteiger partial charge in [0.25, 0.3) is 0 Å². The minimum atomic E-state index is -1.56. The number of rotatable bonds is 2. The molecular formula is C20H24O6. The van der Waals surface area contributed by atoms with Crippen molar-refractivity contribution in [1.29, 1.82) is 0 Å². The van der Waals surface area contributed by atoms with E-state index in [0.29, 0.717) is 12.0 Å². The predicted octanol–water partition coefficient (Wildman–Crippen LogP) is 2.35. The first kappa shape index (κ1) is 18.6. The molecule has 5 atom stereocenters. The molecule has 0 unspecified atom stereocenters. The highest BCUT2D eigenvalue weighted by molar-refractivity contribution is 5.91. The normalized spacial score (nSPS) is 39.0. The third kappa shape index (κ3) is 3.15. The lowest BCUT2D eigenvalue weighted by Gasteiger charge is -2.30. The summed E-state index contributed by atoms with van der Waals surface area (Å²) >= 11 is 0. The van der Waals surface area contributed by atoms with E-state index >= 15 is 0 Å². The summed E-state index contributed by atoms with van der Waals surface area (Å²) in [6.45, 7) is 10.9. The summed E-state index contributed by atoms with van der Waals surface area (Å²) in [5.41, 5.74) is 2.27. The average Bonchev–Trinajstić information content (AvgIpc) is 3.02. The van der Waals surface area contributed by atoms with E-state index in [2.05, 4.69) is 6.58 Å². The zero-order valence-corrected chi connectivity index (χ0v) is 15.4. The summed E-state index contributed by atoms with van der Waals surface area (Å²) in [4.78, 5) is 24.5. The van der Waals surface area contributed by atoms with Crippen LogP contribution in [0.5, 0.6) is 0 Å². The average molecular weight is 360 g/mol. The van der Waals surface area contributed by atoms with Crippen LogP contribution in [0.1, 0.15) is 34.1 Å². The lowest BCUT2D eigenvalue weighted by molar-refractivity contribution is -0.178. The molecule has 0 amide bonds. The van der Waals surface area contributed by atoms with Crippen molar-refractivity contribution in [3.8, 4) is 0 Å². The van der Waals surface area contributed by atoms with Crippen LogP contribution in [0.4, 0.5) is 0 Å². The van der Waals surface area contributed by atoms with Crippen molar-refractivity contribution >= 4 is 11.9 Å². The second kappa shape index (κ2) is 6.52. The number of fused-ring (bicyclic) bond motifs is 4. The van der Waals surface area contributed by atoms with Crippen LogP contribution in [0.2, 0.25) is 0 Å². The number of aliphatic hydroxyl groups is 1. The standard InChI is InChI=1S/C20H24O6/c1-6-11(3)18(21)24-14-7-10(2)8-20(23)9-12(4)16(26-20)17-15(14)13(5)19(22)25-17/h6,8-9,14-17,23H,5,7H2,1-4H3/b10-8-,11-6+/t14-,15+,16+,17-,20-/m0/s1. The Kier molecular flexibility index (Phi) is 4.67. The SMILES string of the molecule is C=C1C(=O)O[C@H]2[C@H]1[C@@H](OC(=O)/C(C)=C/C)C/C(C)=C\[C@@]1(O)C=C(C)[C@H]2O1. The number of hydrogen-bond acceptors (Lipinski definition) is 6. The molecule has 2 bridgehead atoms. The molecule has 0 radical (unpaired) electrons. The predicted molar refractivity (Wildman–Crippen MR) is 93.8 cm³/mol. The minimum absolute atomic E-state index is 0.257. The van der Waals surface area contributed by atoms with Crippen LogP contribution in [0.15, 0.2) is 47.1 Å². The summed E-state index contributed by atoms with van der Waals surface area (Å²) in [5.74, 6) is -3.09. The highest BCUT2D eigenvalue weighted by Crippen LogP contribution is 2.43. The van der Waals surface area contributed by atoms with Crippen molar-refractivity contribution in [2.75, 3.05) is 0 Å². The number of esters is 2. The molecule has 1 saturated heterocycles.